The summed E-state index contributed by atoms with van der Waals surface area (Å²) in [4.78, 5) is 17.6. The number of aliphatic imine (C=N–C) groups is 1. The van der Waals surface area contributed by atoms with Crippen molar-refractivity contribution in [3.05, 3.63) is 61.1 Å². The van der Waals surface area contributed by atoms with Crippen LogP contribution in [0.1, 0.15) is 45.7 Å². The number of nitrogens with zero attached hydrogens (tertiary/aromatic N) is 4. The average molecular weight is 492 g/mol. The van der Waals surface area contributed by atoms with Crippen molar-refractivity contribution in [1.29, 1.82) is 0 Å². The first-order valence-electron chi connectivity index (χ1n) is 8.45. The van der Waals surface area contributed by atoms with Gasteiger partial charge in [-0.15, -0.1) is 21.5 Å². The van der Waals surface area contributed by atoms with Crippen molar-refractivity contribution in [2.45, 2.75) is 33.2 Å². The zero-order valence-electron chi connectivity index (χ0n) is 15.0. The van der Waals surface area contributed by atoms with Gasteiger partial charge in [-0.25, -0.2) is 0 Å². The van der Waals surface area contributed by atoms with Gasteiger partial charge in [0.25, 0.3) is 0 Å². The number of carbonyl (C=O) groups is 1. The van der Waals surface area contributed by atoms with Crippen LogP contribution in [0.5, 0.6) is 0 Å². The number of thiophene rings is 1. The second-order valence-corrected chi connectivity index (χ2v) is 8.95. The van der Waals surface area contributed by atoms with E-state index in [2.05, 4.69) is 46.6 Å². The van der Waals surface area contributed by atoms with Gasteiger partial charge >= 0.3 is 5.97 Å². The predicted molar refractivity (Wildman–Crippen MR) is 113 cm³/mol. The summed E-state index contributed by atoms with van der Waals surface area (Å²) < 4.78 is 3.11. The van der Waals surface area contributed by atoms with E-state index < -0.39 is 12.0 Å². The highest BCUT2D eigenvalue weighted by Gasteiger charge is 2.32. The molecule has 0 aliphatic carbocycles. The van der Waals surface area contributed by atoms with Gasteiger partial charge in [0.1, 0.15) is 16.9 Å². The van der Waals surface area contributed by atoms with Gasteiger partial charge in [-0.3, -0.25) is 14.4 Å². The smallest absolute Gasteiger partial charge is 0.306 e. The maximum absolute atomic E-state index is 11.5. The third kappa shape index (κ3) is 3.10. The van der Waals surface area contributed by atoms with E-state index in [0.717, 1.165) is 36.8 Å². The first kappa shape index (κ1) is 18.3. The molecule has 4 rings (SSSR count). The fraction of sp³-hybridized carbons (Fsp3) is 0.263. The molecule has 0 radical (unpaired) electrons. The summed E-state index contributed by atoms with van der Waals surface area (Å²) in [6, 6.07) is 7.56. The summed E-state index contributed by atoms with van der Waals surface area (Å²) in [5.74, 6) is 0.413. The minimum Gasteiger partial charge on any atom is -0.481 e. The zero-order chi connectivity index (χ0) is 19.3. The number of hydrogen-bond donors (Lipinski definition) is 1. The maximum Gasteiger partial charge on any atom is 0.306 e. The fourth-order valence-electron chi connectivity index (χ4n) is 3.30. The number of benzene rings is 1. The van der Waals surface area contributed by atoms with Crippen molar-refractivity contribution in [2.75, 3.05) is 0 Å². The molecule has 3 aromatic rings. The molecule has 0 saturated heterocycles. The highest BCUT2D eigenvalue weighted by atomic mass is 127. The van der Waals surface area contributed by atoms with Crippen molar-refractivity contribution in [1.82, 2.24) is 14.8 Å². The summed E-state index contributed by atoms with van der Waals surface area (Å²) in [7, 11) is 0. The van der Waals surface area contributed by atoms with Crippen molar-refractivity contribution in [3.8, 4) is 5.00 Å². The Morgan fingerprint density at radius 2 is 1.93 bits per heavy atom. The van der Waals surface area contributed by atoms with Crippen LogP contribution in [-0.4, -0.2) is 31.6 Å². The van der Waals surface area contributed by atoms with Crippen LogP contribution in [0.2, 0.25) is 0 Å². The van der Waals surface area contributed by atoms with Crippen LogP contribution in [0.4, 0.5) is 0 Å². The molecule has 1 unspecified atom stereocenters. The summed E-state index contributed by atoms with van der Waals surface area (Å²) in [6.45, 7) is 6.07. The lowest BCUT2D eigenvalue weighted by Crippen LogP contribution is -2.10. The zero-order valence-corrected chi connectivity index (χ0v) is 18.0. The maximum atomic E-state index is 11.5. The Morgan fingerprint density at radius 1 is 1.22 bits per heavy atom. The lowest BCUT2D eigenvalue weighted by atomic mass is 10.00. The number of aromatic nitrogens is 3. The summed E-state index contributed by atoms with van der Waals surface area (Å²) in [5, 5.41) is 18.9. The van der Waals surface area contributed by atoms with E-state index in [1.165, 1.54) is 4.88 Å². The fourth-order valence-corrected chi connectivity index (χ4v) is 4.87. The van der Waals surface area contributed by atoms with Crippen LogP contribution in [0.3, 0.4) is 0 Å². The SMILES string of the molecule is Cc1sc2c(c1C)C(c1ccc(I)cc1)=NC(CC(=O)O)c1nnc(C)n1-2. The van der Waals surface area contributed by atoms with Gasteiger partial charge in [0, 0.05) is 19.6 Å². The summed E-state index contributed by atoms with van der Waals surface area (Å²) >= 11 is 3.94. The number of aliphatic carboxylic acids is 1. The highest BCUT2D eigenvalue weighted by Crippen LogP contribution is 2.39. The van der Waals surface area contributed by atoms with E-state index in [9.17, 15) is 9.90 Å². The predicted octanol–water partition coefficient (Wildman–Crippen LogP) is 4.23. The molecule has 3 heterocycles. The van der Waals surface area contributed by atoms with E-state index in [-0.39, 0.29) is 6.42 Å². The van der Waals surface area contributed by atoms with Crippen LogP contribution >= 0.6 is 33.9 Å². The molecule has 1 aliphatic rings. The first-order chi connectivity index (χ1) is 12.9. The van der Waals surface area contributed by atoms with Gasteiger partial charge in [-0.05, 0) is 61.1 Å². The van der Waals surface area contributed by atoms with Crippen molar-refractivity contribution >= 4 is 45.6 Å². The van der Waals surface area contributed by atoms with Crippen LogP contribution in [0.25, 0.3) is 5.00 Å². The standard InChI is InChI=1S/C19H17IN4O2S/c1-9-10(2)27-19-16(9)17(12-4-6-13(20)7-5-12)21-14(8-15(25)26)18-23-22-11(3)24(18)19/h4-7,14H,8H2,1-3H3,(H,25,26). The molecule has 1 N–H and O–H groups in total. The van der Waals surface area contributed by atoms with Crippen LogP contribution in [0, 0.1) is 24.3 Å². The molecule has 1 atom stereocenters. The monoisotopic (exact) mass is 492 g/mol. The van der Waals surface area contributed by atoms with Gasteiger partial charge in [-0.2, -0.15) is 0 Å². The number of halogens is 1. The molecule has 8 heteroatoms. The van der Waals surface area contributed by atoms with Gasteiger partial charge in [0.05, 0.1) is 12.1 Å². The molecule has 0 amide bonds. The van der Waals surface area contributed by atoms with Gasteiger partial charge in [0.2, 0.25) is 0 Å². The van der Waals surface area contributed by atoms with Crippen LogP contribution in [-0.2, 0) is 4.79 Å². The molecule has 2 aromatic heterocycles. The molecule has 1 aliphatic heterocycles. The van der Waals surface area contributed by atoms with E-state index >= 15 is 0 Å². The van der Waals surface area contributed by atoms with E-state index in [0.29, 0.717) is 5.82 Å². The number of aryl methyl sites for hydroxylation is 2. The minimum absolute atomic E-state index is 0.126. The normalized spacial score (nSPS) is 15.7. The number of hydrogen-bond acceptors (Lipinski definition) is 5. The summed E-state index contributed by atoms with van der Waals surface area (Å²) in [5.41, 5.74) is 3.99. The van der Waals surface area contributed by atoms with E-state index in [1.54, 1.807) is 11.3 Å². The van der Waals surface area contributed by atoms with Crippen molar-refractivity contribution in [2.24, 2.45) is 4.99 Å². The second-order valence-electron chi connectivity index (χ2n) is 6.50. The van der Waals surface area contributed by atoms with Gasteiger partial charge in [0.15, 0.2) is 5.82 Å². The van der Waals surface area contributed by atoms with Crippen molar-refractivity contribution < 1.29 is 9.90 Å². The Labute approximate surface area is 174 Å². The molecule has 6 nitrogen and oxygen atoms in total. The molecular weight excluding hydrogens is 475 g/mol. The lowest BCUT2D eigenvalue weighted by molar-refractivity contribution is -0.137. The van der Waals surface area contributed by atoms with E-state index in [1.807, 2.05) is 35.8 Å². The Morgan fingerprint density at radius 3 is 2.59 bits per heavy atom. The minimum atomic E-state index is -0.906. The molecule has 0 bridgehead atoms. The lowest BCUT2D eigenvalue weighted by Gasteiger charge is -2.10. The number of fused-ring (bicyclic) bond motifs is 3. The number of carboxylic acids is 1. The molecule has 0 saturated carbocycles. The quantitative estimate of drug-likeness (QED) is 0.556. The Hall–Kier alpha value is -2.07. The third-order valence-corrected chi connectivity index (χ3v) is 6.64. The molecular formula is C19H17IN4O2S. The molecule has 27 heavy (non-hydrogen) atoms. The number of rotatable bonds is 3. The van der Waals surface area contributed by atoms with Crippen molar-refractivity contribution in [3.63, 3.8) is 0 Å². The number of carboxylic acid groups (broad SMARTS) is 1. The first-order valence-corrected chi connectivity index (χ1v) is 10.3. The Bertz CT molecular complexity index is 1080. The van der Waals surface area contributed by atoms with Gasteiger partial charge in [-0.1, -0.05) is 12.1 Å². The van der Waals surface area contributed by atoms with Crippen LogP contribution < -0.4 is 0 Å². The average Bonchev–Trinajstić information content (AvgIpc) is 3.08. The third-order valence-electron chi connectivity index (χ3n) is 4.73. The van der Waals surface area contributed by atoms with Gasteiger partial charge < -0.3 is 5.11 Å². The topological polar surface area (TPSA) is 80.4 Å². The molecule has 0 spiro atoms. The van der Waals surface area contributed by atoms with E-state index in [4.69, 9.17) is 4.99 Å². The molecule has 138 valence electrons. The molecule has 0 fully saturated rings. The summed E-state index contributed by atoms with van der Waals surface area (Å²) in [6.07, 6.45) is -0.126. The van der Waals surface area contributed by atoms with Crippen LogP contribution in [0.15, 0.2) is 29.3 Å². The Balaban J connectivity index is 2.04. The molecule has 1 aromatic carbocycles. The Kier molecular flexibility index (Phi) is 4.63. The largest absolute Gasteiger partial charge is 0.481 e. The second kappa shape index (κ2) is 6.83. The highest BCUT2D eigenvalue weighted by molar-refractivity contribution is 14.1.